The highest BCUT2D eigenvalue weighted by Gasteiger charge is 2.16. The molecule has 0 fully saturated rings. The fourth-order valence-electron chi connectivity index (χ4n) is 1.20. The molecule has 1 aromatic heterocycles. The molecule has 0 saturated carbocycles. The fourth-order valence-corrected chi connectivity index (χ4v) is 1.34. The summed E-state index contributed by atoms with van der Waals surface area (Å²) in [6.45, 7) is 4.49. The van der Waals surface area contributed by atoms with Gasteiger partial charge in [-0.3, -0.25) is 0 Å². The molecule has 0 amide bonds. The summed E-state index contributed by atoms with van der Waals surface area (Å²) >= 11 is 5.60. The van der Waals surface area contributed by atoms with Crippen LogP contribution in [0.2, 0.25) is 5.28 Å². The zero-order valence-corrected chi connectivity index (χ0v) is 10.3. The van der Waals surface area contributed by atoms with Crippen LogP contribution in [0.25, 0.3) is 0 Å². The second kappa shape index (κ2) is 5.96. The van der Waals surface area contributed by atoms with Gasteiger partial charge in [0.2, 0.25) is 5.28 Å². The average molecular weight is 248 g/mol. The number of hydrogen-bond acceptors (Lipinski definition) is 4. The first-order valence-corrected chi connectivity index (χ1v) is 5.36. The van der Waals surface area contributed by atoms with E-state index in [1.165, 1.54) is 0 Å². The Kier molecular flexibility index (Phi) is 4.89. The Morgan fingerprint density at radius 1 is 1.56 bits per heavy atom. The summed E-state index contributed by atoms with van der Waals surface area (Å²) in [5, 5.41) is 2.97. The molecule has 0 aliphatic carbocycles. The van der Waals surface area contributed by atoms with Crippen molar-refractivity contribution in [1.82, 2.24) is 9.97 Å². The lowest BCUT2D eigenvalue weighted by atomic mass is 10.1. The average Bonchev–Trinajstić information content (AvgIpc) is 2.22. The van der Waals surface area contributed by atoms with Crippen LogP contribution < -0.4 is 5.32 Å². The molecule has 1 rings (SSSR count). The third-order valence-corrected chi connectivity index (χ3v) is 2.37. The van der Waals surface area contributed by atoms with E-state index in [9.17, 15) is 4.39 Å². The van der Waals surface area contributed by atoms with E-state index in [-0.39, 0.29) is 23.1 Å². The van der Waals surface area contributed by atoms with Crippen LogP contribution in [0.1, 0.15) is 13.8 Å². The molecule has 6 heteroatoms. The first-order valence-electron chi connectivity index (χ1n) is 4.98. The number of nitrogens with one attached hydrogen (secondary N) is 1. The molecule has 0 aliphatic heterocycles. The Labute approximate surface area is 99.2 Å². The highest BCUT2D eigenvalue weighted by Crippen LogP contribution is 2.15. The summed E-state index contributed by atoms with van der Waals surface area (Å²) in [5.74, 6) is -0.130. The fraction of sp³-hybridized carbons (Fsp3) is 0.600. The van der Waals surface area contributed by atoms with Crippen LogP contribution in [0, 0.1) is 11.7 Å². The van der Waals surface area contributed by atoms with Gasteiger partial charge in [-0.25, -0.2) is 9.37 Å². The van der Waals surface area contributed by atoms with Gasteiger partial charge in [0, 0.05) is 7.11 Å². The zero-order valence-electron chi connectivity index (χ0n) is 9.50. The number of halogens is 2. The van der Waals surface area contributed by atoms with Crippen LogP contribution >= 0.6 is 11.6 Å². The molecular weight excluding hydrogens is 233 g/mol. The lowest BCUT2D eigenvalue weighted by Crippen LogP contribution is -2.31. The standard InChI is InChI=1S/C10H15ClFN3O/c1-6(2)8(5-16-3)14-9-7(12)4-13-10(11)15-9/h4,6,8H,5H2,1-3H3,(H,13,14,15). The van der Waals surface area contributed by atoms with Gasteiger partial charge in [0.15, 0.2) is 11.6 Å². The summed E-state index contributed by atoms with van der Waals surface area (Å²) < 4.78 is 18.4. The van der Waals surface area contributed by atoms with E-state index >= 15 is 0 Å². The van der Waals surface area contributed by atoms with Crippen LogP contribution in [0.4, 0.5) is 10.2 Å². The normalized spacial score (nSPS) is 12.9. The third kappa shape index (κ3) is 3.57. The van der Waals surface area contributed by atoms with Gasteiger partial charge in [-0.1, -0.05) is 13.8 Å². The second-order valence-electron chi connectivity index (χ2n) is 3.79. The van der Waals surface area contributed by atoms with Crippen molar-refractivity contribution in [3.05, 3.63) is 17.3 Å². The highest BCUT2D eigenvalue weighted by molar-refractivity contribution is 6.28. The summed E-state index contributed by atoms with van der Waals surface area (Å²) in [6.07, 6.45) is 1.04. The molecule has 1 atom stereocenters. The van der Waals surface area contributed by atoms with Crippen LogP contribution in [0.3, 0.4) is 0 Å². The molecular formula is C10H15ClFN3O. The van der Waals surface area contributed by atoms with E-state index < -0.39 is 5.82 Å². The van der Waals surface area contributed by atoms with Crippen LogP contribution in [0.5, 0.6) is 0 Å². The lowest BCUT2D eigenvalue weighted by molar-refractivity contribution is 0.171. The van der Waals surface area contributed by atoms with E-state index in [1.807, 2.05) is 13.8 Å². The van der Waals surface area contributed by atoms with Crippen molar-refractivity contribution in [3.63, 3.8) is 0 Å². The smallest absolute Gasteiger partial charge is 0.224 e. The minimum atomic E-state index is -0.522. The van der Waals surface area contributed by atoms with E-state index in [2.05, 4.69) is 15.3 Å². The number of hydrogen-bond donors (Lipinski definition) is 1. The number of methoxy groups -OCH3 is 1. The minimum absolute atomic E-state index is 0.0174. The predicted octanol–water partition coefficient (Wildman–Crippen LogP) is 2.35. The first-order chi connectivity index (χ1) is 7.54. The number of nitrogens with zero attached hydrogens (tertiary/aromatic N) is 2. The molecule has 90 valence electrons. The minimum Gasteiger partial charge on any atom is -0.383 e. The molecule has 1 aromatic rings. The second-order valence-corrected chi connectivity index (χ2v) is 4.12. The van der Waals surface area contributed by atoms with E-state index in [0.717, 1.165) is 6.20 Å². The summed E-state index contributed by atoms with van der Waals surface area (Å²) in [4.78, 5) is 7.34. The quantitative estimate of drug-likeness (QED) is 0.812. The molecule has 0 bridgehead atoms. The summed E-state index contributed by atoms with van der Waals surface area (Å²) in [5.41, 5.74) is 0. The number of ether oxygens (including phenoxy) is 1. The maximum absolute atomic E-state index is 13.3. The zero-order chi connectivity index (χ0) is 12.1. The van der Waals surface area contributed by atoms with Crippen molar-refractivity contribution in [2.45, 2.75) is 19.9 Å². The maximum Gasteiger partial charge on any atom is 0.224 e. The third-order valence-electron chi connectivity index (χ3n) is 2.19. The van der Waals surface area contributed by atoms with Gasteiger partial charge >= 0.3 is 0 Å². The van der Waals surface area contributed by atoms with Gasteiger partial charge in [-0.05, 0) is 17.5 Å². The Balaban J connectivity index is 2.80. The van der Waals surface area contributed by atoms with Gasteiger partial charge in [0.25, 0.3) is 0 Å². The SMILES string of the molecule is COCC(Nc1nc(Cl)ncc1F)C(C)C. The molecule has 4 nitrogen and oxygen atoms in total. The molecule has 0 aliphatic rings. The molecule has 0 saturated heterocycles. The summed E-state index contributed by atoms with van der Waals surface area (Å²) in [7, 11) is 1.60. The Bertz CT molecular complexity index is 349. The van der Waals surface area contributed by atoms with E-state index in [1.54, 1.807) is 7.11 Å². The Hall–Kier alpha value is -0.940. The van der Waals surface area contributed by atoms with Gasteiger partial charge in [-0.2, -0.15) is 4.98 Å². The van der Waals surface area contributed by atoms with Crippen LogP contribution in [-0.4, -0.2) is 29.7 Å². The Morgan fingerprint density at radius 3 is 2.81 bits per heavy atom. The van der Waals surface area contributed by atoms with Crippen LogP contribution in [0.15, 0.2) is 6.20 Å². The molecule has 0 spiro atoms. The topological polar surface area (TPSA) is 47.0 Å². The monoisotopic (exact) mass is 247 g/mol. The molecule has 16 heavy (non-hydrogen) atoms. The van der Waals surface area contributed by atoms with Gasteiger partial charge in [0.05, 0.1) is 18.8 Å². The van der Waals surface area contributed by atoms with Crippen LogP contribution in [-0.2, 0) is 4.74 Å². The molecule has 1 heterocycles. The molecule has 0 radical (unpaired) electrons. The largest absolute Gasteiger partial charge is 0.383 e. The number of anilines is 1. The lowest BCUT2D eigenvalue weighted by Gasteiger charge is -2.22. The molecule has 1 N–H and O–H groups in total. The molecule has 0 aromatic carbocycles. The number of aromatic nitrogens is 2. The van der Waals surface area contributed by atoms with E-state index in [4.69, 9.17) is 16.3 Å². The molecule has 1 unspecified atom stereocenters. The van der Waals surface area contributed by atoms with Crippen molar-refractivity contribution in [2.24, 2.45) is 5.92 Å². The van der Waals surface area contributed by atoms with Crippen molar-refractivity contribution >= 4 is 17.4 Å². The summed E-state index contributed by atoms with van der Waals surface area (Å²) in [6, 6.07) is -0.0227. The first kappa shape index (κ1) is 13.1. The van der Waals surface area contributed by atoms with Gasteiger partial charge in [-0.15, -0.1) is 0 Å². The van der Waals surface area contributed by atoms with Gasteiger partial charge < -0.3 is 10.1 Å². The predicted molar refractivity (Wildman–Crippen MR) is 61.1 cm³/mol. The number of rotatable bonds is 5. The van der Waals surface area contributed by atoms with E-state index in [0.29, 0.717) is 6.61 Å². The van der Waals surface area contributed by atoms with Gasteiger partial charge in [0.1, 0.15) is 0 Å². The maximum atomic E-state index is 13.3. The Morgan fingerprint density at radius 2 is 2.25 bits per heavy atom. The van der Waals surface area contributed by atoms with Crippen molar-refractivity contribution in [1.29, 1.82) is 0 Å². The van der Waals surface area contributed by atoms with Crippen molar-refractivity contribution in [2.75, 3.05) is 19.0 Å². The van der Waals surface area contributed by atoms with Crippen molar-refractivity contribution in [3.8, 4) is 0 Å². The highest BCUT2D eigenvalue weighted by atomic mass is 35.5. The van der Waals surface area contributed by atoms with Crippen molar-refractivity contribution < 1.29 is 9.13 Å².